The lowest BCUT2D eigenvalue weighted by Crippen LogP contribution is -2.46. The van der Waals surface area contributed by atoms with E-state index in [1.807, 2.05) is 42.6 Å². The summed E-state index contributed by atoms with van der Waals surface area (Å²) in [6.07, 6.45) is 3.84. The summed E-state index contributed by atoms with van der Waals surface area (Å²) in [5.41, 5.74) is 3.28. The highest BCUT2D eigenvalue weighted by atomic mass is 19.1. The molecule has 0 radical (unpaired) electrons. The summed E-state index contributed by atoms with van der Waals surface area (Å²) >= 11 is 0. The highest BCUT2D eigenvalue weighted by Crippen LogP contribution is 2.30. The molecule has 0 bridgehead atoms. The van der Waals surface area contributed by atoms with Crippen LogP contribution in [0.4, 0.5) is 8.78 Å². The Morgan fingerprint density at radius 2 is 1.32 bits per heavy atom. The maximum atomic E-state index is 13.4. The first-order chi connectivity index (χ1) is 15.2. The molecule has 2 heterocycles. The van der Waals surface area contributed by atoms with E-state index in [1.54, 1.807) is 0 Å². The second-order valence-corrected chi connectivity index (χ2v) is 8.24. The summed E-state index contributed by atoms with van der Waals surface area (Å²) in [4.78, 5) is 9.40. The van der Waals surface area contributed by atoms with Gasteiger partial charge in [-0.1, -0.05) is 30.3 Å². The third-order valence-electron chi connectivity index (χ3n) is 6.09. The van der Waals surface area contributed by atoms with Crippen LogP contribution in [0.15, 0.2) is 72.9 Å². The molecule has 2 aromatic carbocycles. The molecule has 1 aliphatic rings. The molecule has 3 aromatic rings. The molecule has 0 spiro atoms. The second kappa shape index (κ2) is 10.6. The lowest BCUT2D eigenvalue weighted by Gasteiger charge is -2.34. The quantitative estimate of drug-likeness (QED) is 0.505. The van der Waals surface area contributed by atoms with Crippen LogP contribution in [0.1, 0.15) is 35.6 Å². The largest absolute Gasteiger partial charge is 0.301 e. The van der Waals surface area contributed by atoms with Crippen LogP contribution >= 0.6 is 0 Å². The summed E-state index contributed by atoms with van der Waals surface area (Å²) in [7, 11) is 0. The Morgan fingerprint density at radius 3 is 1.87 bits per heavy atom. The van der Waals surface area contributed by atoms with E-state index in [1.165, 1.54) is 24.3 Å². The zero-order valence-electron chi connectivity index (χ0n) is 17.8. The van der Waals surface area contributed by atoms with Crippen molar-refractivity contribution in [1.29, 1.82) is 0 Å². The highest BCUT2D eigenvalue weighted by molar-refractivity contribution is 5.32. The molecule has 0 atom stereocenters. The first-order valence-electron chi connectivity index (χ1n) is 11.0. The van der Waals surface area contributed by atoms with Gasteiger partial charge in [0.2, 0.25) is 0 Å². The van der Waals surface area contributed by atoms with E-state index in [0.717, 1.165) is 68.9 Å². The molecule has 0 N–H and O–H groups in total. The minimum atomic E-state index is -0.231. The van der Waals surface area contributed by atoms with Crippen molar-refractivity contribution in [3.8, 4) is 0 Å². The molecule has 1 aliphatic heterocycles. The molecule has 162 valence electrons. The molecular weight excluding hydrogens is 392 g/mol. The standard InChI is InChI=1S/C26H29F2N3/c27-23-10-6-21(7-11-23)26(22-8-12-24(28)13-9-22)5-3-15-30-16-18-31(19-17-30)20-25-4-1-2-14-29-25/h1-2,4,6-14,26H,3,5,15-20H2. The Morgan fingerprint density at radius 1 is 0.742 bits per heavy atom. The van der Waals surface area contributed by atoms with Crippen LogP contribution in [0.3, 0.4) is 0 Å². The van der Waals surface area contributed by atoms with Crippen molar-refractivity contribution in [3.05, 3.63) is 101 Å². The minimum Gasteiger partial charge on any atom is -0.301 e. The van der Waals surface area contributed by atoms with Gasteiger partial charge in [0, 0.05) is 44.8 Å². The Bertz CT molecular complexity index is 876. The van der Waals surface area contributed by atoms with Gasteiger partial charge < -0.3 is 4.90 Å². The van der Waals surface area contributed by atoms with E-state index in [0.29, 0.717) is 0 Å². The molecule has 0 unspecified atom stereocenters. The molecule has 1 aromatic heterocycles. The normalized spacial score (nSPS) is 15.5. The molecule has 0 aliphatic carbocycles. The number of hydrogen-bond donors (Lipinski definition) is 0. The van der Waals surface area contributed by atoms with Crippen molar-refractivity contribution < 1.29 is 8.78 Å². The summed E-state index contributed by atoms with van der Waals surface area (Å²) in [6.45, 7) is 6.17. The average Bonchev–Trinajstić information content (AvgIpc) is 2.80. The number of piperazine rings is 1. The second-order valence-electron chi connectivity index (χ2n) is 8.24. The number of pyridine rings is 1. The van der Waals surface area contributed by atoms with Crippen molar-refractivity contribution in [3.63, 3.8) is 0 Å². The fourth-order valence-electron chi connectivity index (χ4n) is 4.33. The Labute approximate surface area is 183 Å². The zero-order valence-corrected chi connectivity index (χ0v) is 17.8. The fourth-order valence-corrected chi connectivity index (χ4v) is 4.33. The summed E-state index contributed by atoms with van der Waals surface area (Å²) < 4.78 is 26.8. The molecule has 3 nitrogen and oxygen atoms in total. The number of aromatic nitrogens is 1. The first kappa shape index (κ1) is 21.6. The molecule has 0 amide bonds. The minimum absolute atomic E-state index is 0.145. The number of benzene rings is 2. The van der Waals surface area contributed by atoms with Gasteiger partial charge in [-0.05, 0) is 66.9 Å². The monoisotopic (exact) mass is 421 g/mol. The average molecular weight is 422 g/mol. The van der Waals surface area contributed by atoms with E-state index >= 15 is 0 Å². The zero-order chi connectivity index (χ0) is 21.5. The van der Waals surface area contributed by atoms with Crippen molar-refractivity contribution in [2.45, 2.75) is 25.3 Å². The Hall–Kier alpha value is -2.63. The maximum absolute atomic E-state index is 13.4. The number of nitrogens with zero attached hydrogens (tertiary/aromatic N) is 3. The van der Waals surface area contributed by atoms with Crippen molar-refractivity contribution in [2.75, 3.05) is 32.7 Å². The van der Waals surface area contributed by atoms with Gasteiger partial charge in [-0.25, -0.2) is 8.78 Å². The van der Waals surface area contributed by atoms with Crippen molar-refractivity contribution in [1.82, 2.24) is 14.8 Å². The van der Waals surface area contributed by atoms with Gasteiger partial charge in [-0.2, -0.15) is 0 Å². The van der Waals surface area contributed by atoms with Gasteiger partial charge in [0.05, 0.1) is 5.69 Å². The van der Waals surface area contributed by atoms with Crippen LogP contribution < -0.4 is 0 Å². The number of hydrogen-bond acceptors (Lipinski definition) is 3. The Kier molecular flexibility index (Phi) is 7.39. The predicted octanol–water partition coefficient (Wildman–Crippen LogP) is 5.09. The van der Waals surface area contributed by atoms with E-state index in [2.05, 4.69) is 20.9 Å². The number of halogens is 2. The van der Waals surface area contributed by atoms with Crippen LogP contribution in [-0.4, -0.2) is 47.5 Å². The van der Waals surface area contributed by atoms with Crippen LogP contribution in [0.25, 0.3) is 0 Å². The fraction of sp³-hybridized carbons (Fsp3) is 0.346. The molecular formula is C26H29F2N3. The maximum Gasteiger partial charge on any atom is 0.123 e. The van der Waals surface area contributed by atoms with Crippen LogP contribution in [0.2, 0.25) is 0 Å². The van der Waals surface area contributed by atoms with E-state index < -0.39 is 0 Å². The Balaban J connectivity index is 1.30. The van der Waals surface area contributed by atoms with Gasteiger partial charge in [0.25, 0.3) is 0 Å². The molecule has 5 heteroatoms. The molecule has 1 saturated heterocycles. The summed E-state index contributed by atoms with van der Waals surface area (Å²) in [5.74, 6) is -0.318. The molecule has 1 fully saturated rings. The van der Waals surface area contributed by atoms with E-state index in [-0.39, 0.29) is 17.6 Å². The van der Waals surface area contributed by atoms with Gasteiger partial charge in [0.1, 0.15) is 11.6 Å². The highest BCUT2D eigenvalue weighted by Gasteiger charge is 2.19. The van der Waals surface area contributed by atoms with E-state index in [9.17, 15) is 8.78 Å². The summed E-state index contributed by atoms with van der Waals surface area (Å²) in [5, 5.41) is 0. The summed E-state index contributed by atoms with van der Waals surface area (Å²) in [6, 6.07) is 19.5. The van der Waals surface area contributed by atoms with Crippen LogP contribution in [-0.2, 0) is 6.54 Å². The van der Waals surface area contributed by atoms with Crippen LogP contribution in [0, 0.1) is 11.6 Å². The van der Waals surface area contributed by atoms with Gasteiger partial charge in [0.15, 0.2) is 0 Å². The van der Waals surface area contributed by atoms with Crippen LogP contribution in [0.5, 0.6) is 0 Å². The van der Waals surface area contributed by atoms with Crippen molar-refractivity contribution in [2.24, 2.45) is 0 Å². The lowest BCUT2D eigenvalue weighted by molar-refractivity contribution is 0.124. The molecule has 0 saturated carbocycles. The molecule has 31 heavy (non-hydrogen) atoms. The topological polar surface area (TPSA) is 19.4 Å². The van der Waals surface area contributed by atoms with Gasteiger partial charge in [-0.3, -0.25) is 9.88 Å². The molecule has 4 rings (SSSR count). The SMILES string of the molecule is Fc1ccc(C(CCCN2CCN(Cc3ccccn3)CC2)c2ccc(F)cc2)cc1. The number of rotatable bonds is 8. The third kappa shape index (κ3) is 6.18. The third-order valence-corrected chi connectivity index (χ3v) is 6.09. The van der Waals surface area contributed by atoms with Crippen molar-refractivity contribution >= 4 is 0 Å². The first-order valence-corrected chi connectivity index (χ1v) is 11.0. The van der Waals surface area contributed by atoms with E-state index in [4.69, 9.17) is 0 Å². The predicted molar refractivity (Wildman–Crippen MR) is 120 cm³/mol. The lowest BCUT2D eigenvalue weighted by atomic mass is 9.87. The van der Waals surface area contributed by atoms with Gasteiger partial charge in [-0.15, -0.1) is 0 Å². The smallest absolute Gasteiger partial charge is 0.123 e. The van der Waals surface area contributed by atoms with Gasteiger partial charge >= 0.3 is 0 Å².